The number of amides is 4. The van der Waals surface area contributed by atoms with E-state index in [4.69, 9.17) is 4.74 Å². The Morgan fingerprint density at radius 2 is 2.00 bits per heavy atom. The second kappa shape index (κ2) is 7.58. The Balaban J connectivity index is 1.70. The van der Waals surface area contributed by atoms with Crippen molar-refractivity contribution in [1.82, 2.24) is 15.5 Å². The molecule has 4 amide bonds. The number of urea groups is 1. The quantitative estimate of drug-likeness (QED) is 0.748. The maximum atomic E-state index is 13.1. The van der Waals surface area contributed by atoms with Crippen LogP contribution in [0.5, 0.6) is 5.75 Å². The number of benzene rings is 1. The Labute approximate surface area is 159 Å². The van der Waals surface area contributed by atoms with Gasteiger partial charge < -0.3 is 15.4 Å². The van der Waals surface area contributed by atoms with Crippen LogP contribution in [0.15, 0.2) is 24.3 Å². The van der Waals surface area contributed by atoms with Crippen molar-refractivity contribution in [2.24, 2.45) is 5.92 Å². The summed E-state index contributed by atoms with van der Waals surface area (Å²) in [5.74, 6) is 0.426. The number of hydrogen-bond donors (Lipinski definition) is 2. The highest BCUT2D eigenvalue weighted by Gasteiger charge is 2.55. The van der Waals surface area contributed by atoms with E-state index in [1.54, 1.807) is 18.2 Å². The molecule has 1 aromatic carbocycles. The van der Waals surface area contributed by atoms with Gasteiger partial charge in [0.05, 0.1) is 6.61 Å². The Morgan fingerprint density at radius 1 is 1.26 bits per heavy atom. The van der Waals surface area contributed by atoms with E-state index in [-0.39, 0.29) is 18.5 Å². The van der Waals surface area contributed by atoms with E-state index in [0.29, 0.717) is 30.3 Å². The normalized spacial score (nSPS) is 22.4. The molecule has 0 saturated carbocycles. The van der Waals surface area contributed by atoms with Crippen LogP contribution in [0.25, 0.3) is 0 Å². The van der Waals surface area contributed by atoms with Crippen LogP contribution >= 0.6 is 0 Å². The summed E-state index contributed by atoms with van der Waals surface area (Å²) >= 11 is 0. The number of nitrogens with zero attached hydrogens (tertiary/aromatic N) is 1. The molecular weight excluding hydrogens is 346 g/mol. The zero-order valence-corrected chi connectivity index (χ0v) is 16.1. The summed E-state index contributed by atoms with van der Waals surface area (Å²) in [6.45, 7) is 6.25. The molecule has 1 spiro atoms. The molecule has 7 heteroatoms. The fourth-order valence-corrected chi connectivity index (χ4v) is 3.64. The van der Waals surface area contributed by atoms with E-state index < -0.39 is 17.5 Å². The third kappa shape index (κ3) is 3.77. The zero-order chi connectivity index (χ0) is 19.6. The summed E-state index contributed by atoms with van der Waals surface area (Å²) in [6.07, 6.45) is 2.21. The van der Waals surface area contributed by atoms with Crippen molar-refractivity contribution < 1.29 is 19.1 Å². The van der Waals surface area contributed by atoms with Crippen LogP contribution in [0, 0.1) is 5.92 Å². The molecule has 27 heavy (non-hydrogen) atoms. The summed E-state index contributed by atoms with van der Waals surface area (Å²) < 4.78 is 5.61. The molecule has 7 nitrogen and oxygen atoms in total. The largest absolute Gasteiger partial charge is 0.493 e. The van der Waals surface area contributed by atoms with Crippen LogP contribution in [0.4, 0.5) is 4.79 Å². The maximum Gasteiger partial charge on any atom is 0.325 e. The van der Waals surface area contributed by atoms with Crippen molar-refractivity contribution in [2.75, 3.05) is 13.2 Å². The van der Waals surface area contributed by atoms with E-state index >= 15 is 0 Å². The van der Waals surface area contributed by atoms with Gasteiger partial charge in [0.2, 0.25) is 5.91 Å². The van der Waals surface area contributed by atoms with Gasteiger partial charge in [-0.05, 0) is 31.7 Å². The number of imide groups is 1. The van der Waals surface area contributed by atoms with Gasteiger partial charge in [0.15, 0.2) is 5.54 Å². The van der Waals surface area contributed by atoms with E-state index in [1.807, 2.05) is 13.0 Å². The molecule has 0 aromatic heterocycles. The lowest BCUT2D eigenvalue weighted by Gasteiger charge is -2.33. The molecule has 1 fully saturated rings. The lowest BCUT2D eigenvalue weighted by atomic mass is 9.84. The Bertz CT molecular complexity index is 748. The predicted octanol–water partition coefficient (Wildman–Crippen LogP) is 2.16. The molecule has 1 aromatic rings. The molecule has 3 rings (SSSR count). The van der Waals surface area contributed by atoms with Crippen molar-refractivity contribution >= 4 is 17.8 Å². The van der Waals surface area contributed by atoms with Gasteiger partial charge in [-0.2, -0.15) is 0 Å². The first kappa shape index (κ1) is 19.2. The Hall–Kier alpha value is -2.57. The average molecular weight is 373 g/mol. The molecule has 0 aliphatic carbocycles. The molecule has 146 valence electrons. The van der Waals surface area contributed by atoms with Crippen LogP contribution in [-0.2, 0) is 15.1 Å². The number of carbonyl (C=O) groups excluding carboxylic acids is 3. The smallest absolute Gasteiger partial charge is 0.325 e. The van der Waals surface area contributed by atoms with Gasteiger partial charge in [-0.25, -0.2) is 4.79 Å². The fraction of sp³-hybridized carbons (Fsp3) is 0.550. The molecule has 2 aliphatic heterocycles. The summed E-state index contributed by atoms with van der Waals surface area (Å²) in [4.78, 5) is 38.9. The average Bonchev–Trinajstić information content (AvgIpc) is 2.85. The molecule has 2 atom stereocenters. The minimum Gasteiger partial charge on any atom is -0.493 e. The minimum atomic E-state index is -1.14. The Morgan fingerprint density at radius 3 is 2.74 bits per heavy atom. The minimum absolute atomic E-state index is 0.00145. The predicted molar refractivity (Wildman–Crippen MR) is 100 cm³/mol. The first-order valence-electron chi connectivity index (χ1n) is 9.49. The number of nitrogens with one attached hydrogen (secondary N) is 2. The highest BCUT2D eigenvalue weighted by Crippen LogP contribution is 2.40. The van der Waals surface area contributed by atoms with Crippen LogP contribution in [-0.4, -0.2) is 41.9 Å². The first-order chi connectivity index (χ1) is 12.8. The van der Waals surface area contributed by atoms with Crippen molar-refractivity contribution in [3.05, 3.63) is 29.8 Å². The van der Waals surface area contributed by atoms with Gasteiger partial charge in [-0.15, -0.1) is 0 Å². The van der Waals surface area contributed by atoms with Gasteiger partial charge in [0, 0.05) is 18.0 Å². The number of fused-ring (bicyclic) bond motifs is 2. The first-order valence-corrected chi connectivity index (χ1v) is 9.49. The molecule has 2 N–H and O–H groups in total. The van der Waals surface area contributed by atoms with Crippen LogP contribution in [0.2, 0.25) is 0 Å². The number of para-hydroxylation sites is 1. The lowest BCUT2D eigenvalue weighted by Crippen LogP contribution is -2.48. The molecule has 2 heterocycles. The third-order valence-electron chi connectivity index (χ3n) is 5.14. The molecule has 0 bridgehead atoms. The molecule has 0 radical (unpaired) electrons. The van der Waals surface area contributed by atoms with Crippen molar-refractivity contribution in [1.29, 1.82) is 0 Å². The van der Waals surface area contributed by atoms with Crippen molar-refractivity contribution in [3.8, 4) is 5.75 Å². The van der Waals surface area contributed by atoms with E-state index in [9.17, 15) is 14.4 Å². The van der Waals surface area contributed by atoms with Gasteiger partial charge in [0.1, 0.15) is 12.3 Å². The van der Waals surface area contributed by atoms with Crippen LogP contribution in [0.1, 0.15) is 45.6 Å². The molecule has 0 unspecified atom stereocenters. The number of ether oxygens (including phenoxy) is 1. The second-order valence-electron chi connectivity index (χ2n) is 7.76. The second-order valence-corrected chi connectivity index (χ2v) is 7.76. The van der Waals surface area contributed by atoms with Crippen molar-refractivity contribution in [2.45, 2.75) is 51.6 Å². The molecular formula is C20H27N3O4. The topological polar surface area (TPSA) is 87.7 Å². The molecule has 1 saturated heterocycles. The Kier molecular flexibility index (Phi) is 5.39. The summed E-state index contributed by atoms with van der Waals surface area (Å²) in [7, 11) is 0. The number of hydrogen-bond acceptors (Lipinski definition) is 4. The highest BCUT2D eigenvalue weighted by molar-refractivity contribution is 6.09. The van der Waals surface area contributed by atoms with Crippen molar-refractivity contribution in [3.63, 3.8) is 0 Å². The van der Waals surface area contributed by atoms with Gasteiger partial charge in [-0.3, -0.25) is 14.5 Å². The fourth-order valence-electron chi connectivity index (χ4n) is 3.64. The summed E-state index contributed by atoms with van der Waals surface area (Å²) in [6, 6.07) is 6.65. The highest BCUT2D eigenvalue weighted by atomic mass is 16.5. The lowest BCUT2D eigenvalue weighted by molar-refractivity contribution is -0.136. The van der Waals surface area contributed by atoms with E-state index in [0.717, 1.165) is 17.7 Å². The van der Waals surface area contributed by atoms with Crippen LogP contribution in [0.3, 0.4) is 0 Å². The van der Waals surface area contributed by atoms with Gasteiger partial charge in [-0.1, -0.05) is 32.0 Å². The monoisotopic (exact) mass is 373 g/mol. The van der Waals surface area contributed by atoms with Gasteiger partial charge in [0.25, 0.3) is 5.91 Å². The molecule has 2 aliphatic rings. The summed E-state index contributed by atoms with van der Waals surface area (Å²) in [5.41, 5.74) is -0.502. The van der Waals surface area contributed by atoms with E-state index in [1.165, 1.54) is 0 Å². The van der Waals surface area contributed by atoms with Gasteiger partial charge >= 0.3 is 6.03 Å². The standard InChI is InChI=1S/C20H27N3O4/c1-13(2)8-9-14(3)21-17(24)12-23-18(25)20(22-19(23)26)10-11-27-16-7-5-4-6-15(16)20/h4-7,13-14H,8-12H2,1-3H3,(H,21,24)(H,22,26)/t14-,20-/m0/s1. The SMILES string of the molecule is CC(C)CC[C@H](C)NC(=O)CN1C(=O)N[C@]2(CCOc3ccccc32)C1=O. The summed E-state index contributed by atoms with van der Waals surface area (Å²) in [5, 5.41) is 5.68. The maximum absolute atomic E-state index is 13.1. The zero-order valence-electron chi connectivity index (χ0n) is 16.1. The van der Waals surface area contributed by atoms with E-state index in [2.05, 4.69) is 24.5 Å². The van der Waals surface area contributed by atoms with Crippen LogP contribution < -0.4 is 15.4 Å². The third-order valence-corrected chi connectivity index (χ3v) is 5.14. The number of rotatable bonds is 6. The number of carbonyl (C=O) groups is 3.